The molecule has 0 unspecified atom stereocenters. The maximum absolute atomic E-state index is 12.0. The second-order valence-electron chi connectivity index (χ2n) is 5.97. The minimum Gasteiger partial charge on any atom is -0.493 e. The summed E-state index contributed by atoms with van der Waals surface area (Å²) < 4.78 is 12.2. The fourth-order valence-corrected chi connectivity index (χ4v) is 3.00. The van der Waals surface area contributed by atoms with Gasteiger partial charge in [0.25, 0.3) is 0 Å². The second-order valence-corrected chi connectivity index (χ2v) is 5.97. The van der Waals surface area contributed by atoms with Crippen molar-refractivity contribution in [3.05, 3.63) is 48.4 Å². The minimum atomic E-state index is -0.598. The zero-order valence-corrected chi connectivity index (χ0v) is 14.0. The van der Waals surface area contributed by atoms with Crippen molar-refractivity contribution in [2.75, 3.05) is 26.3 Å². The van der Waals surface area contributed by atoms with Gasteiger partial charge in [0.15, 0.2) is 11.4 Å². The van der Waals surface area contributed by atoms with Crippen LogP contribution in [0.3, 0.4) is 0 Å². The van der Waals surface area contributed by atoms with E-state index in [-0.39, 0.29) is 17.3 Å². The van der Waals surface area contributed by atoms with E-state index in [0.717, 1.165) is 24.0 Å². The third-order valence-corrected chi connectivity index (χ3v) is 4.34. The van der Waals surface area contributed by atoms with Crippen LogP contribution in [0.5, 0.6) is 5.88 Å². The first kappa shape index (κ1) is 16.5. The number of aromatic hydroxyl groups is 1. The highest BCUT2D eigenvalue weighted by Gasteiger charge is 2.20. The quantitative estimate of drug-likeness (QED) is 0.727. The number of para-hydroxylation sites is 1. The van der Waals surface area contributed by atoms with E-state index in [1.807, 2.05) is 24.3 Å². The van der Waals surface area contributed by atoms with Gasteiger partial charge in [-0.25, -0.2) is 0 Å². The maximum Gasteiger partial charge on any atom is 0.331 e. The zero-order chi connectivity index (χ0) is 17.9. The molecule has 1 amide bonds. The predicted octanol–water partition coefficient (Wildman–Crippen LogP) is 3.15. The summed E-state index contributed by atoms with van der Waals surface area (Å²) in [6.07, 6.45) is 1.40. The van der Waals surface area contributed by atoms with Gasteiger partial charge in [-0.2, -0.15) is 0 Å². The van der Waals surface area contributed by atoms with Crippen molar-refractivity contribution in [1.29, 1.82) is 0 Å². The van der Waals surface area contributed by atoms with E-state index >= 15 is 0 Å². The zero-order valence-electron chi connectivity index (χ0n) is 14.0. The molecular formula is C18H18N4O4. The van der Waals surface area contributed by atoms with Gasteiger partial charge < -0.3 is 14.3 Å². The Hall–Kier alpha value is -2.97. The van der Waals surface area contributed by atoms with Crippen molar-refractivity contribution in [2.45, 2.75) is 6.67 Å². The van der Waals surface area contributed by atoms with Gasteiger partial charge in [-0.05, 0) is 18.2 Å². The molecule has 134 valence electrons. The van der Waals surface area contributed by atoms with Crippen molar-refractivity contribution >= 4 is 22.5 Å². The summed E-state index contributed by atoms with van der Waals surface area (Å²) >= 11 is 0. The fraction of sp³-hybridized carbons (Fsp3) is 0.278. The molecule has 0 aliphatic carbocycles. The molecule has 1 saturated heterocycles. The standard InChI is InChI=1S/C18H18N4O4/c23-17(15-6-3-9-26-15)20-19-16-13-4-1-2-5-14(13)22(18(16)24)12-21-7-10-25-11-8-21/h1-6,9,24H,7-8,10-12H2. The highest BCUT2D eigenvalue weighted by molar-refractivity contribution is 5.96. The minimum absolute atomic E-state index is 0.0197. The number of hydrogen-bond donors (Lipinski definition) is 1. The molecule has 0 bridgehead atoms. The van der Waals surface area contributed by atoms with Crippen molar-refractivity contribution in [1.82, 2.24) is 9.47 Å². The molecule has 1 fully saturated rings. The summed E-state index contributed by atoms with van der Waals surface area (Å²) in [5.74, 6) is -0.515. The topological polar surface area (TPSA) is 92.6 Å². The van der Waals surface area contributed by atoms with Crippen LogP contribution in [0.2, 0.25) is 0 Å². The predicted molar refractivity (Wildman–Crippen MR) is 93.5 cm³/mol. The second kappa shape index (κ2) is 7.11. The number of rotatable bonds is 4. The van der Waals surface area contributed by atoms with Crippen LogP contribution in [-0.2, 0) is 11.4 Å². The van der Waals surface area contributed by atoms with Crippen LogP contribution in [0.25, 0.3) is 10.9 Å². The molecule has 26 heavy (non-hydrogen) atoms. The molecule has 1 aliphatic rings. The van der Waals surface area contributed by atoms with Gasteiger partial charge in [0.1, 0.15) is 0 Å². The summed E-state index contributed by atoms with van der Waals surface area (Å²) in [5, 5.41) is 19.1. The number of aromatic nitrogens is 1. The molecule has 0 saturated carbocycles. The highest BCUT2D eigenvalue weighted by atomic mass is 16.5. The number of morpholine rings is 1. The lowest BCUT2D eigenvalue weighted by Gasteiger charge is -2.27. The molecule has 8 heteroatoms. The number of hydrogen-bond acceptors (Lipinski definition) is 6. The maximum atomic E-state index is 12.0. The Bertz CT molecular complexity index is 940. The number of azo groups is 1. The molecule has 4 rings (SSSR count). The average Bonchev–Trinajstić information content (AvgIpc) is 3.29. The van der Waals surface area contributed by atoms with Crippen molar-refractivity contribution in [3.63, 3.8) is 0 Å². The van der Waals surface area contributed by atoms with Gasteiger partial charge >= 0.3 is 5.91 Å². The number of furan rings is 1. The molecule has 2 aromatic heterocycles. The van der Waals surface area contributed by atoms with Crippen molar-refractivity contribution in [3.8, 4) is 5.88 Å². The molecule has 0 radical (unpaired) electrons. The lowest BCUT2D eigenvalue weighted by molar-refractivity contribution is 0.0231. The Balaban J connectivity index is 1.68. The fourth-order valence-electron chi connectivity index (χ4n) is 3.00. The van der Waals surface area contributed by atoms with Crippen LogP contribution >= 0.6 is 0 Å². The van der Waals surface area contributed by atoms with Gasteiger partial charge in [-0.1, -0.05) is 18.2 Å². The Morgan fingerprint density at radius 1 is 1.15 bits per heavy atom. The van der Waals surface area contributed by atoms with E-state index in [1.54, 1.807) is 10.6 Å². The Kier molecular flexibility index (Phi) is 4.51. The van der Waals surface area contributed by atoms with Crippen LogP contribution < -0.4 is 0 Å². The van der Waals surface area contributed by atoms with Gasteiger partial charge in [0.05, 0.1) is 31.7 Å². The van der Waals surface area contributed by atoms with Crippen LogP contribution in [-0.4, -0.2) is 46.8 Å². The smallest absolute Gasteiger partial charge is 0.331 e. The largest absolute Gasteiger partial charge is 0.493 e. The first-order valence-corrected chi connectivity index (χ1v) is 8.34. The molecule has 1 aliphatic heterocycles. The molecular weight excluding hydrogens is 336 g/mol. The first-order valence-electron chi connectivity index (χ1n) is 8.34. The number of benzene rings is 1. The number of amides is 1. The summed E-state index contributed by atoms with van der Waals surface area (Å²) in [6, 6.07) is 10.6. The van der Waals surface area contributed by atoms with E-state index in [4.69, 9.17) is 9.15 Å². The molecule has 3 aromatic rings. The molecule has 1 N–H and O–H groups in total. The highest BCUT2D eigenvalue weighted by Crippen LogP contribution is 2.39. The van der Waals surface area contributed by atoms with E-state index < -0.39 is 5.91 Å². The van der Waals surface area contributed by atoms with E-state index in [9.17, 15) is 9.90 Å². The van der Waals surface area contributed by atoms with E-state index in [0.29, 0.717) is 19.9 Å². The SMILES string of the molecule is O=C(N=Nc1c(O)n(CN2CCOCC2)c2ccccc12)c1ccco1. The van der Waals surface area contributed by atoms with Crippen molar-refractivity contribution in [2.24, 2.45) is 10.2 Å². The Morgan fingerprint density at radius 3 is 2.73 bits per heavy atom. The van der Waals surface area contributed by atoms with Crippen LogP contribution in [0, 0.1) is 0 Å². The van der Waals surface area contributed by atoms with E-state index in [2.05, 4.69) is 15.1 Å². The van der Waals surface area contributed by atoms with Crippen LogP contribution in [0.4, 0.5) is 5.69 Å². The lowest BCUT2D eigenvalue weighted by atomic mass is 10.2. The van der Waals surface area contributed by atoms with Gasteiger partial charge in [0.2, 0.25) is 5.88 Å². The molecule has 3 heterocycles. The molecule has 8 nitrogen and oxygen atoms in total. The number of carbonyl (C=O) groups is 1. The summed E-state index contributed by atoms with van der Waals surface area (Å²) in [4.78, 5) is 14.2. The van der Waals surface area contributed by atoms with E-state index in [1.165, 1.54) is 12.3 Å². The van der Waals surface area contributed by atoms with Gasteiger partial charge in [-0.3, -0.25) is 14.3 Å². The van der Waals surface area contributed by atoms with Crippen molar-refractivity contribution < 1.29 is 19.1 Å². The van der Waals surface area contributed by atoms with Gasteiger partial charge in [0, 0.05) is 18.5 Å². The Labute approximate surface area is 149 Å². The molecule has 0 atom stereocenters. The van der Waals surface area contributed by atoms with Crippen LogP contribution in [0.1, 0.15) is 10.6 Å². The average molecular weight is 354 g/mol. The third-order valence-electron chi connectivity index (χ3n) is 4.34. The van der Waals surface area contributed by atoms with Gasteiger partial charge in [-0.15, -0.1) is 10.2 Å². The third kappa shape index (κ3) is 3.12. The lowest BCUT2D eigenvalue weighted by Crippen LogP contribution is -2.37. The molecule has 1 aromatic carbocycles. The monoisotopic (exact) mass is 354 g/mol. The molecule has 0 spiro atoms. The summed E-state index contributed by atoms with van der Waals surface area (Å²) in [7, 11) is 0. The first-order chi connectivity index (χ1) is 12.7. The number of fused-ring (bicyclic) bond motifs is 1. The number of nitrogens with zero attached hydrogens (tertiary/aromatic N) is 4. The van der Waals surface area contributed by atoms with Crippen LogP contribution in [0.15, 0.2) is 57.3 Å². The summed E-state index contributed by atoms with van der Waals surface area (Å²) in [6.45, 7) is 3.44. The normalized spacial score (nSPS) is 15.8. The number of carbonyl (C=O) groups excluding carboxylic acids is 1. The number of ether oxygens (including phenoxy) is 1. The Morgan fingerprint density at radius 2 is 1.96 bits per heavy atom. The summed E-state index contributed by atoms with van der Waals surface area (Å²) in [5.41, 5.74) is 1.10.